The highest BCUT2D eigenvalue weighted by Crippen LogP contribution is 2.34. The van der Waals surface area contributed by atoms with E-state index in [1.54, 1.807) is 0 Å². The van der Waals surface area contributed by atoms with Gasteiger partial charge < -0.3 is 10.4 Å². The molecule has 1 aliphatic heterocycles. The Labute approximate surface area is 97.7 Å². The van der Waals surface area contributed by atoms with Crippen molar-refractivity contribution in [2.45, 2.75) is 45.8 Å². The molecule has 1 aromatic carbocycles. The van der Waals surface area contributed by atoms with Crippen LogP contribution in [0.3, 0.4) is 0 Å². The van der Waals surface area contributed by atoms with E-state index < -0.39 is 6.23 Å². The first-order chi connectivity index (χ1) is 7.56. The molecule has 2 rings (SSSR count). The molecule has 88 valence electrons. The van der Waals surface area contributed by atoms with Crippen LogP contribution in [-0.2, 0) is 6.42 Å². The average Bonchev–Trinajstić information content (AvgIpc) is 2.18. The second-order valence-corrected chi connectivity index (χ2v) is 5.32. The van der Waals surface area contributed by atoms with E-state index in [2.05, 4.69) is 44.3 Å². The Morgan fingerprint density at radius 2 is 2.19 bits per heavy atom. The molecule has 2 nitrogen and oxygen atoms in total. The van der Waals surface area contributed by atoms with E-state index in [1.807, 2.05) is 0 Å². The van der Waals surface area contributed by atoms with E-state index >= 15 is 0 Å². The zero-order chi connectivity index (χ0) is 11.7. The summed E-state index contributed by atoms with van der Waals surface area (Å²) in [6.45, 7) is 6.66. The topological polar surface area (TPSA) is 32.3 Å². The fourth-order valence-electron chi connectivity index (χ4n) is 2.45. The smallest absolute Gasteiger partial charge is 0.125 e. The van der Waals surface area contributed by atoms with E-state index in [0.29, 0.717) is 11.8 Å². The minimum Gasteiger partial charge on any atom is -0.374 e. The van der Waals surface area contributed by atoms with Crippen LogP contribution in [0, 0.1) is 5.92 Å². The van der Waals surface area contributed by atoms with Crippen molar-refractivity contribution in [1.29, 1.82) is 0 Å². The van der Waals surface area contributed by atoms with Gasteiger partial charge in [-0.3, -0.25) is 0 Å². The van der Waals surface area contributed by atoms with Gasteiger partial charge in [0.1, 0.15) is 6.23 Å². The van der Waals surface area contributed by atoms with Crippen molar-refractivity contribution in [3.8, 4) is 0 Å². The maximum absolute atomic E-state index is 9.63. The van der Waals surface area contributed by atoms with Gasteiger partial charge >= 0.3 is 0 Å². The summed E-state index contributed by atoms with van der Waals surface area (Å²) in [5.41, 5.74) is 3.85. The Hall–Kier alpha value is -1.02. The summed E-state index contributed by atoms with van der Waals surface area (Å²) in [5.74, 6) is 1.13. The van der Waals surface area contributed by atoms with Crippen LogP contribution in [0.25, 0.3) is 0 Å². The number of aliphatic hydroxyl groups excluding tert-OH is 1. The van der Waals surface area contributed by atoms with E-state index in [1.165, 1.54) is 11.1 Å². The number of benzene rings is 1. The van der Waals surface area contributed by atoms with Crippen LogP contribution in [0.15, 0.2) is 18.2 Å². The SMILES string of the molecule is CC(C)Cc1ccc2c(c1)C(C)CC(O)N2. The highest BCUT2D eigenvalue weighted by atomic mass is 16.3. The lowest BCUT2D eigenvalue weighted by Crippen LogP contribution is -2.26. The number of hydrogen-bond acceptors (Lipinski definition) is 2. The maximum atomic E-state index is 9.63. The van der Waals surface area contributed by atoms with Gasteiger partial charge in [-0.15, -0.1) is 0 Å². The average molecular weight is 219 g/mol. The van der Waals surface area contributed by atoms with Gasteiger partial charge in [-0.05, 0) is 41.9 Å². The lowest BCUT2D eigenvalue weighted by molar-refractivity contribution is 0.179. The van der Waals surface area contributed by atoms with Crippen LogP contribution in [0.1, 0.15) is 44.2 Å². The first-order valence-corrected chi connectivity index (χ1v) is 6.13. The predicted molar refractivity (Wildman–Crippen MR) is 67.6 cm³/mol. The summed E-state index contributed by atoms with van der Waals surface area (Å²) in [6, 6.07) is 6.56. The second-order valence-electron chi connectivity index (χ2n) is 5.32. The van der Waals surface area contributed by atoms with Gasteiger partial charge in [0, 0.05) is 5.69 Å². The lowest BCUT2D eigenvalue weighted by Gasteiger charge is -2.28. The van der Waals surface area contributed by atoms with Gasteiger partial charge in [0.2, 0.25) is 0 Å². The first-order valence-electron chi connectivity index (χ1n) is 6.13. The Balaban J connectivity index is 2.27. The van der Waals surface area contributed by atoms with Crippen LogP contribution < -0.4 is 5.32 Å². The molecule has 1 aromatic rings. The lowest BCUT2D eigenvalue weighted by atomic mass is 9.89. The van der Waals surface area contributed by atoms with Crippen molar-refractivity contribution < 1.29 is 5.11 Å². The van der Waals surface area contributed by atoms with E-state index in [0.717, 1.165) is 18.5 Å². The summed E-state index contributed by atoms with van der Waals surface area (Å²) in [5, 5.41) is 12.8. The molecule has 0 fully saturated rings. The second kappa shape index (κ2) is 4.46. The molecule has 2 atom stereocenters. The number of aliphatic hydroxyl groups is 1. The Kier molecular flexibility index (Phi) is 3.20. The molecule has 0 aliphatic carbocycles. The zero-order valence-corrected chi connectivity index (χ0v) is 10.3. The summed E-state index contributed by atoms with van der Waals surface area (Å²) in [4.78, 5) is 0. The number of fused-ring (bicyclic) bond motifs is 1. The minimum atomic E-state index is -0.390. The third-order valence-electron chi connectivity index (χ3n) is 3.19. The minimum absolute atomic E-state index is 0.390. The molecule has 2 unspecified atom stereocenters. The van der Waals surface area contributed by atoms with Crippen molar-refractivity contribution in [3.63, 3.8) is 0 Å². The van der Waals surface area contributed by atoms with Gasteiger partial charge in [0.05, 0.1) is 0 Å². The Bertz CT molecular complexity index is 373. The third-order valence-corrected chi connectivity index (χ3v) is 3.19. The van der Waals surface area contributed by atoms with E-state index in [-0.39, 0.29) is 0 Å². The monoisotopic (exact) mass is 219 g/mol. The quantitative estimate of drug-likeness (QED) is 0.801. The molecule has 0 saturated carbocycles. The molecule has 0 amide bonds. The number of rotatable bonds is 2. The molecule has 0 bridgehead atoms. The van der Waals surface area contributed by atoms with Gasteiger partial charge in [-0.2, -0.15) is 0 Å². The number of anilines is 1. The molecule has 2 N–H and O–H groups in total. The standard InChI is InChI=1S/C14H21NO/c1-9(2)6-11-4-5-13-12(8-11)10(3)7-14(16)15-13/h4-5,8-10,14-16H,6-7H2,1-3H3. The Morgan fingerprint density at radius 1 is 1.44 bits per heavy atom. The molecule has 0 aromatic heterocycles. The van der Waals surface area contributed by atoms with Gasteiger partial charge in [0.15, 0.2) is 0 Å². The van der Waals surface area contributed by atoms with Crippen LogP contribution in [-0.4, -0.2) is 11.3 Å². The highest BCUT2D eigenvalue weighted by Gasteiger charge is 2.21. The molecular formula is C14H21NO. The van der Waals surface area contributed by atoms with Crippen LogP contribution in [0.4, 0.5) is 5.69 Å². The molecule has 16 heavy (non-hydrogen) atoms. The molecule has 0 saturated heterocycles. The van der Waals surface area contributed by atoms with Crippen molar-refractivity contribution >= 4 is 5.69 Å². The highest BCUT2D eigenvalue weighted by molar-refractivity contribution is 5.56. The van der Waals surface area contributed by atoms with Crippen LogP contribution in [0.2, 0.25) is 0 Å². The molecule has 1 aliphatic rings. The van der Waals surface area contributed by atoms with E-state index in [4.69, 9.17) is 0 Å². The zero-order valence-electron chi connectivity index (χ0n) is 10.3. The van der Waals surface area contributed by atoms with Crippen LogP contribution in [0.5, 0.6) is 0 Å². The van der Waals surface area contributed by atoms with E-state index in [9.17, 15) is 5.11 Å². The fourth-order valence-corrected chi connectivity index (χ4v) is 2.45. The predicted octanol–water partition coefficient (Wildman–Crippen LogP) is 3.12. The molecule has 0 radical (unpaired) electrons. The van der Waals surface area contributed by atoms with Crippen LogP contribution >= 0.6 is 0 Å². The third kappa shape index (κ3) is 2.38. The fraction of sp³-hybridized carbons (Fsp3) is 0.571. The molecular weight excluding hydrogens is 198 g/mol. The van der Waals surface area contributed by atoms with Crippen molar-refractivity contribution in [1.82, 2.24) is 0 Å². The van der Waals surface area contributed by atoms with Gasteiger partial charge in [-0.25, -0.2) is 0 Å². The summed E-state index contributed by atoms with van der Waals surface area (Å²) in [6.07, 6.45) is 1.54. The molecule has 1 heterocycles. The van der Waals surface area contributed by atoms with Crippen molar-refractivity contribution in [2.24, 2.45) is 5.92 Å². The number of hydrogen-bond donors (Lipinski definition) is 2. The molecule has 2 heteroatoms. The molecule has 0 spiro atoms. The van der Waals surface area contributed by atoms with Crippen molar-refractivity contribution in [2.75, 3.05) is 5.32 Å². The maximum Gasteiger partial charge on any atom is 0.125 e. The summed E-state index contributed by atoms with van der Waals surface area (Å²) < 4.78 is 0. The largest absolute Gasteiger partial charge is 0.374 e. The number of nitrogens with one attached hydrogen (secondary N) is 1. The van der Waals surface area contributed by atoms with Crippen molar-refractivity contribution in [3.05, 3.63) is 29.3 Å². The van der Waals surface area contributed by atoms with Gasteiger partial charge in [-0.1, -0.05) is 32.9 Å². The normalized spacial score (nSPS) is 24.1. The van der Waals surface area contributed by atoms with Gasteiger partial charge in [0.25, 0.3) is 0 Å². The summed E-state index contributed by atoms with van der Waals surface area (Å²) >= 11 is 0. The summed E-state index contributed by atoms with van der Waals surface area (Å²) in [7, 11) is 0. The first kappa shape index (κ1) is 11.5. The Morgan fingerprint density at radius 3 is 2.88 bits per heavy atom.